The molecule has 0 radical (unpaired) electrons. The minimum atomic E-state index is -0.731. The first-order valence-corrected chi connectivity index (χ1v) is 12.1. The molecule has 0 saturated carbocycles. The molecular formula is C30H32N2O4. The number of benzene rings is 2. The van der Waals surface area contributed by atoms with E-state index in [1.807, 2.05) is 50.2 Å². The Morgan fingerprint density at radius 1 is 1.08 bits per heavy atom. The van der Waals surface area contributed by atoms with Gasteiger partial charge in [0.15, 0.2) is 0 Å². The van der Waals surface area contributed by atoms with Crippen molar-refractivity contribution in [2.24, 2.45) is 0 Å². The summed E-state index contributed by atoms with van der Waals surface area (Å²) in [6.45, 7) is 10.9. The molecule has 3 aromatic rings. The fraction of sp³-hybridized carbons (Fsp3) is 0.300. The standard InChI is InChI=1S/C30H32N2O4/c1-6-36-23-13-14-24(19(2)16-23)27(33)25-26(21-9-11-22(12-10-21)30(3,4)5)32(29(35)28(25)34)18-20-8-7-15-31-17-20/h7-17,26,33H,6,18H2,1-5H3. The van der Waals surface area contributed by atoms with Crippen LogP contribution in [0.4, 0.5) is 0 Å². The third-order valence-corrected chi connectivity index (χ3v) is 6.47. The maximum atomic E-state index is 13.4. The van der Waals surface area contributed by atoms with Crippen molar-refractivity contribution in [1.82, 2.24) is 9.88 Å². The second-order valence-electron chi connectivity index (χ2n) is 10.1. The first kappa shape index (κ1) is 25.2. The lowest BCUT2D eigenvalue weighted by Crippen LogP contribution is -2.29. The molecule has 0 bridgehead atoms. The Morgan fingerprint density at radius 3 is 2.39 bits per heavy atom. The van der Waals surface area contributed by atoms with Gasteiger partial charge in [-0.15, -0.1) is 0 Å². The Bertz CT molecular complexity index is 1310. The molecule has 1 saturated heterocycles. The molecule has 0 spiro atoms. The van der Waals surface area contributed by atoms with E-state index in [0.29, 0.717) is 17.9 Å². The van der Waals surface area contributed by atoms with Crippen molar-refractivity contribution in [2.45, 2.75) is 52.6 Å². The number of carbonyl (C=O) groups excluding carboxylic acids is 2. The van der Waals surface area contributed by atoms with E-state index < -0.39 is 17.7 Å². The molecule has 1 atom stereocenters. The molecule has 1 aliphatic heterocycles. The number of nitrogens with zero attached hydrogens (tertiary/aromatic N) is 2. The number of rotatable bonds is 6. The zero-order valence-electron chi connectivity index (χ0n) is 21.4. The van der Waals surface area contributed by atoms with Gasteiger partial charge in [-0.05, 0) is 65.8 Å². The number of pyridine rings is 1. The number of likely N-dealkylation sites (tertiary alicyclic amines) is 1. The van der Waals surface area contributed by atoms with E-state index in [4.69, 9.17) is 4.74 Å². The molecule has 6 heteroatoms. The van der Waals surface area contributed by atoms with Gasteiger partial charge in [-0.1, -0.05) is 51.1 Å². The molecule has 2 heterocycles. The number of aliphatic hydroxyl groups excluding tert-OH is 1. The highest BCUT2D eigenvalue weighted by Gasteiger charge is 2.46. The second kappa shape index (κ2) is 9.97. The lowest BCUT2D eigenvalue weighted by atomic mass is 9.85. The highest BCUT2D eigenvalue weighted by Crippen LogP contribution is 2.41. The predicted octanol–water partition coefficient (Wildman–Crippen LogP) is 5.71. The van der Waals surface area contributed by atoms with Gasteiger partial charge in [-0.2, -0.15) is 0 Å². The fourth-order valence-corrected chi connectivity index (χ4v) is 4.55. The molecule has 2 aromatic carbocycles. The minimum Gasteiger partial charge on any atom is -0.507 e. The maximum Gasteiger partial charge on any atom is 0.295 e. The SMILES string of the molecule is CCOc1ccc(C(O)=C2C(=O)C(=O)N(Cc3cccnc3)C2c2ccc(C(C)(C)C)cc2)c(C)c1. The lowest BCUT2D eigenvalue weighted by Gasteiger charge is -2.26. The number of amides is 1. The Labute approximate surface area is 212 Å². The van der Waals surface area contributed by atoms with Crippen LogP contribution in [0.2, 0.25) is 0 Å². The van der Waals surface area contributed by atoms with Gasteiger partial charge in [-0.25, -0.2) is 0 Å². The summed E-state index contributed by atoms with van der Waals surface area (Å²) in [7, 11) is 0. The zero-order valence-corrected chi connectivity index (χ0v) is 21.4. The molecule has 0 aliphatic carbocycles. The van der Waals surface area contributed by atoms with Crippen LogP contribution in [0.1, 0.15) is 61.6 Å². The van der Waals surface area contributed by atoms with E-state index >= 15 is 0 Å². The van der Waals surface area contributed by atoms with Crippen molar-refractivity contribution >= 4 is 17.4 Å². The van der Waals surface area contributed by atoms with E-state index in [-0.39, 0.29) is 23.3 Å². The van der Waals surface area contributed by atoms with Crippen LogP contribution in [0.5, 0.6) is 5.75 Å². The van der Waals surface area contributed by atoms with Gasteiger partial charge in [0, 0.05) is 24.5 Å². The molecule has 1 aliphatic rings. The zero-order chi connectivity index (χ0) is 26.0. The van der Waals surface area contributed by atoms with Crippen LogP contribution in [-0.4, -0.2) is 33.3 Å². The van der Waals surface area contributed by atoms with E-state index in [1.54, 1.807) is 30.6 Å². The third kappa shape index (κ3) is 4.89. The molecular weight excluding hydrogens is 452 g/mol. The van der Waals surface area contributed by atoms with Crippen LogP contribution in [0, 0.1) is 6.92 Å². The van der Waals surface area contributed by atoms with Crippen LogP contribution < -0.4 is 4.74 Å². The Hall–Kier alpha value is -3.93. The summed E-state index contributed by atoms with van der Waals surface area (Å²) in [5.74, 6) is -0.853. The van der Waals surface area contributed by atoms with Crippen molar-refractivity contribution in [2.75, 3.05) is 6.61 Å². The predicted molar refractivity (Wildman–Crippen MR) is 140 cm³/mol. The van der Waals surface area contributed by atoms with E-state index in [9.17, 15) is 14.7 Å². The van der Waals surface area contributed by atoms with Crippen LogP contribution in [-0.2, 0) is 21.5 Å². The van der Waals surface area contributed by atoms with Crippen LogP contribution >= 0.6 is 0 Å². The quantitative estimate of drug-likeness (QED) is 0.275. The van der Waals surface area contributed by atoms with Crippen molar-refractivity contribution in [3.8, 4) is 5.75 Å². The molecule has 1 unspecified atom stereocenters. The van der Waals surface area contributed by atoms with Crippen LogP contribution in [0.15, 0.2) is 72.6 Å². The summed E-state index contributed by atoms with van der Waals surface area (Å²) >= 11 is 0. The number of aromatic nitrogens is 1. The summed E-state index contributed by atoms with van der Waals surface area (Å²) in [4.78, 5) is 32.3. The number of ether oxygens (including phenoxy) is 1. The van der Waals surface area contributed by atoms with Crippen molar-refractivity contribution in [3.63, 3.8) is 0 Å². The van der Waals surface area contributed by atoms with Crippen LogP contribution in [0.3, 0.4) is 0 Å². The van der Waals surface area contributed by atoms with E-state index in [0.717, 1.165) is 22.3 Å². The summed E-state index contributed by atoms with van der Waals surface area (Å²) < 4.78 is 5.56. The third-order valence-electron chi connectivity index (χ3n) is 6.47. The molecule has 186 valence electrons. The van der Waals surface area contributed by atoms with Crippen molar-refractivity contribution in [3.05, 3.63) is 100 Å². The normalized spacial score (nSPS) is 17.5. The molecule has 6 nitrogen and oxygen atoms in total. The lowest BCUT2D eigenvalue weighted by molar-refractivity contribution is -0.140. The smallest absolute Gasteiger partial charge is 0.295 e. The Balaban J connectivity index is 1.85. The van der Waals surface area contributed by atoms with Gasteiger partial charge in [0.2, 0.25) is 0 Å². The molecule has 1 aromatic heterocycles. The molecule has 1 N–H and O–H groups in total. The van der Waals surface area contributed by atoms with E-state index in [1.165, 1.54) is 4.90 Å². The highest BCUT2D eigenvalue weighted by molar-refractivity contribution is 6.46. The van der Waals surface area contributed by atoms with Gasteiger partial charge in [-0.3, -0.25) is 14.6 Å². The van der Waals surface area contributed by atoms with Crippen molar-refractivity contribution in [1.29, 1.82) is 0 Å². The number of aliphatic hydroxyl groups is 1. The number of hydrogen-bond acceptors (Lipinski definition) is 5. The summed E-state index contributed by atoms with van der Waals surface area (Å²) in [5.41, 5.74) is 3.98. The number of carbonyl (C=O) groups is 2. The average Bonchev–Trinajstić information content (AvgIpc) is 3.09. The van der Waals surface area contributed by atoms with Crippen LogP contribution in [0.25, 0.3) is 5.76 Å². The first-order chi connectivity index (χ1) is 17.1. The second-order valence-corrected chi connectivity index (χ2v) is 10.1. The first-order valence-electron chi connectivity index (χ1n) is 12.1. The summed E-state index contributed by atoms with van der Waals surface area (Å²) in [6.07, 6.45) is 3.34. The largest absolute Gasteiger partial charge is 0.507 e. The Morgan fingerprint density at radius 2 is 1.81 bits per heavy atom. The number of hydrogen-bond donors (Lipinski definition) is 1. The van der Waals surface area contributed by atoms with Gasteiger partial charge in [0.05, 0.1) is 18.2 Å². The molecule has 1 amide bonds. The Kier molecular flexibility index (Phi) is 6.97. The number of aryl methyl sites for hydroxylation is 1. The molecule has 36 heavy (non-hydrogen) atoms. The van der Waals surface area contributed by atoms with Gasteiger partial charge < -0.3 is 14.7 Å². The highest BCUT2D eigenvalue weighted by atomic mass is 16.5. The average molecular weight is 485 g/mol. The number of Topliss-reactive ketones (excluding diaryl/α,β-unsaturated/α-hetero) is 1. The van der Waals surface area contributed by atoms with Gasteiger partial charge in [0.25, 0.3) is 11.7 Å². The monoisotopic (exact) mass is 484 g/mol. The summed E-state index contributed by atoms with van der Waals surface area (Å²) in [6, 6.07) is 16.1. The molecule has 1 fully saturated rings. The van der Waals surface area contributed by atoms with Gasteiger partial charge >= 0.3 is 0 Å². The minimum absolute atomic E-state index is 0.0462. The van der Waals surface area contributed by atoms with Crippen molar-refractivity contribution < 1.29 is 19.4 Å². The topological polar surface area (TPSA) is 79.7 Å². The van der Waals surface area contributed by atoms with Gasteiger partial charge in [0.1, 0.15) is 11.5 Å². The van der Waals surface area contributed by atoms with E-state index in [2.05, 4.69) is 25.8 Å². The summed E-state index contributed by atoms with van der Waals surface area (Å²) in [5, 5.41) is 11.4. The maximum absolute atomic E-state index is 13.4. The molecule has 4 rings (SSSR count). The number of ketones is 1. The fourth-order valence-electron chi connectivity index (χ4n) is 4.55.